The van der Waals surface area contributed by atoms with Gasteiger partial charge in [0, 0.05) is 18.8 Å². The van der Waals surface area contributed by atoms with Crippen LogP contribution < -0.4 is 5.56 Å². The number of ether oxygens (including phenoxy) is 1. The number of alkyl halides is 3. The third-order valence-electron chi connectivity index (χ3n) is 4.09. The maximum Gasteiger partial charge on any atom is 0.421 e. The first-order valence-electron chi connectivity index (χ1n) is 8.02. The standard InChI is InChI=1S/C18H15F5N2O4/c1-24(15(17(28)29-2)11-8-10(19)5-6-13(11)20)14(26)9-25-7-3-4-12(16(25)27)18(21,22)23/h3-8,15H,9H2,1-2H3/t15-/m0/s1. The fraction of sp³-hybridized carbons (Fsp3) is 0.278. The van der Waals surface area contributed by atoms with E-state index in [-0.39, 0.29) is 0 Å². The van der Waals surface area contributed by atoms with Crippen molar-refractivity contribution in [1.29, 1.82) is 0 Å². The third kappa shape index (κ3) is 4.79. The molecule has 29 heavy (non-hydrogen) atoms. The second-order valence-corrected chi connectivity index (χ2v) is 5.95. The van der Waals surface area contributed by atoms with E-state index < -0.39 is 59.0 Å². The van der Waals surface area contributed by atoms with Crippen molar-refractivity contribution in [2.45, 2.75) is 18.8 Å². The summed E-state index contributed by atoms with van der Waals surface area (Å²) in [6.07, 6.45) is -3.96. The summed E-state index contributed by atoms with van der Waals surface area (Å²) < 4.78 is 71.3. The number of amides is 1. The normalized spacial score (nSPS) is 12.4. The van der Waals surface area contributed by atoms with Crippen molar-refractivity contribution >= 4 is 11.9 Å². The number of likely N-dealkylation sites (N-methyl/N-ethyl adjacent to an activating group) is 1. The number of hydrogen-bond donors (Lipinski definition) is 0. The molecule has 156 valence electrons. The number of methoxy groups -OCH3 is 1. The van der Waals surface area contributed by atoms with Crippen molar-refractivity contribution in [3.63, 3.8) is 0 Å². The van der Waals surface area contributed by atoms with Gasteiger partial charge in [0.25, 0.3) is 5.56 Å². The number of aromatic nitrogens is 1. The van der Waals surface area contributed by atoms with Crippen LogP contribution in [0, 0.1) is 11.6 Å². The van der Waals surface area contributed by atoms with Gasteiger partial charge in [0.05, 0.1) is 7.11 Å². The van der Waals surface area contributed by atoms with Gasteiger partial charge in [-0.2, -0.15) is 13.2 Å². The lowest BCUT2D eigenvalue weighted by molar-refractivity contribution is -0.152. The molecule has 0 N–H and O–H groups in total. The zero-order chi connectivity index (χ0) is 21.9. The van der Waals surface area contributed by atoms with Crippen LogP contribution in [0.15, 0.2) is 41.3 Å². The van der Waals surface area contributed by atoms with E-state index in [1.54, 1.807) is 0 Å². The number of carbonyl (C=O) groups excluding carboxylic acids is 2. The second-order valence-electron chi connectivity index (χ2n) is 5.95. The first-order chi connectivity index (χ1) is 13.5. The summed E-state index contributed by atoms with van der Waals surface area (Å²) in [4.78, 5) is 37.3. The molecular weight excluding hydrogens is 403 g/mol. The van der Waals surface area contributed by atoms with Crippen molar-refractivity contribution in [2.75, 3.05) is 14.2 Å². The van der Waals surface area contributed by atoms with E-state index in [1.165, 1.54) is 0 Å². The van der Waals surface area contributed by atoms with E-state index in [0.717, 1.165) is 38.6 Å². The van der Waals surface area contributed by atoms with Crippen LogP contribution >= 0.6 is 0 Å². The molecule has 0 unspecified atom stereocenters. The number of halogens is 5. The largest absolute Gasteiger partial charge is 0.467 e. The Morgan fingerprint density at radius 1 is 1.21 bits per heavy atom. The first-order valence-corrected chi connectivity index (χ1v) is 8.02. The minimum absolute atomic E-state index is 0.498. The van der Waals surface area contributed by atoms with Crippen molar-refractivity contribution in [3.05, 3.63) is 69.6 Å². The number of nitrogens with zero attached hydrogens (tertiary/aromatic N) is 2. The fourth-order valence-corrected chi connectivity index (χ4v) is 2.61. The van der Waals surface area contributed by atoms with Crippen LogP contribution in [-0.2, 0) is 27.0 Å². The Kier molecular flexibility index (Phi) is 6.40. The van der Waals surface area contributed by atoms with Gasteiger partial charge >= 0.3 is 12.1 Å². The highest BCUT2D eigenvalue weighted by atomic mass is 19.4. The zero-order valence-electron chi connectivity index (χ0n) is 15.2. The Morgan fingerprint density at radius 2 is 1.86 bits per heavy atom. The molecule has 0 spiro atoms. The van der Waals surface area contributed by atoms with Crippen LogP contribution in [0.2, 0.25) is 0 Å². The number of esters is 1. The fourth-order valence-electron chi connectivity index (χ4n) is 2.61. The highest BCUT2D eigenvalue weighted by Gasteiger charge is 2.35. The van der Waals surface area contributed by atoms with Gasteiger partial charge in [-0.05, 0) is 30.3 Å². The van der Waals surface area contributed by atoms with Crippen LogP contribution in [0.3, 0.4) is 0 Å². The zero-order valence-corrected chi connectivity index (χ0v) is 15.2. The topological polar surface area (TPSA) is 68.6 Å². The molecule has 0 aliphatic rings. The molecule has 1 aromatic carbocycles. The highest BCUT2D eigenvalue weighted by Crippen LogP contribution is 2.27. The monoisotopic (exact) mass is 418 g/mol. The van der Waals surface area contributed by atoms with Gasteiger partial charge < -0.3 is 14.2 Å². The third-order valence-corrected chi connectivity index (χ3v) is 4.09. The number of pyridine rings is 1. The van der Waals surface area contributed by atoms with E-state index in [4.69, 9.17) is 0 Å². The van der Waals surface area contributed by atoms with Crippen molar-refractivity contribution in [2.24, 2.45) is 0 Å². The molecule has 1 amide bonds. The molecule has 0 saturated carbocycles. The lowest BCUT2D eigenvalue weighted by Gasteiger charge is -2.27. The Balaban J connectivity index is 2.40. The summed E-state index contributed by atoms with van der Waals surface area (Å²) in [6, 6.07) is 2.02. The maximum atomic E-state index is 14.1. The minimum Gasteiger partial charge on any atom is -0.467 e. The lowest BCUT2D eigenvalue weighted by Crippen LogP contribution is -2.41. The smallest absolute Gasteiger partial charge is 0.421 e. The predicted octanol–water partition coefficient (Wildman–Crippen LogP) is 2.52. The minimum atomic E-state index is -4.92. The molecule has 1 heterocycles. The van der Waals surface area contributed by atoms with E-state index in [1.807, 2.05) is 0 Å². The van der Waals surface area contributed by atoms with Crippen molar-refractivity contribution in [3.8, 4) is 0 Å². The molecule has 0 fully saturated rings. The highest BCUT2D eigenvalue weighted by molar-refractivity contribution is 5.85. The van der Waals surface area contributed by atoms with Crippen LogP contribution in [-0.4, -0.2) is 35.5 Å². The Morgan fingerprint density at radius 3 is 2.45 bits per heavy atom. The summed E-state index contributed by atoms with van der Waals surface area (Å²) in [5.74, 6) is -4.00. The maximum absolute atomic E-state index is 14.1. The van der Waals surface area contributed by atoms with Crippen LogP contribution in [0.5, 0.6) is 0 Å². The van der Waals surface area contributed by atoms with Gasteiger partial charge in [-0.15, -0.1) is 0 Å². The van der Waals surface area contributed by atoms with Crippen molar-refractivity contribution in [1.82, 2.24) is 9.47 Å². The van der Waals surface area contributed by atoms with E-state index >= 15 is 0 Å². The first kappa shape index (κ1) is 22.1. The van der Waals surface area contributed by atoms with E-state index in [2.05, 4.69) is 4.74 Å². The second kappa shape index (κ2) is 8.41. The van der Waals surface area contributed by atoms with Crippen LogP contribution in [0.1, 0.15) is 17.2 Å². The number of benzene rings is 1. The Bertz CT molecular complexity index is 987. The molecular formula is C18H15F5N2O4. The summed E-state index contributed by atoms with van der Waals surface area (Å²) in [6.45, 7) is -0.871. The molecule has 2 rings (SSSR count). The van der Waals surface area contributed by atoms with Gasteiger partial charge in [0.1, 0.15) is 23.7 Å². The molecule has 0 saturated heterocycles. The van der Waals surface area contributed by atoms with Gasteiger partial charge in [-0.1, -0.05) is 0 Å². The number of rotatable bonds is 5. The summed E-state index contributed by atoms with van der Waals surface area (Å²) >= 11 is 0. The molecule has 0 bridgehead atoms. The molecule has 0 aliphatic heterocycles. The molecule has 11 heteroatoms. The number of hydrogen-bond acceptors (Lipinski definition) is 4. The van der Waals surface area contributed by atoms with Crippen molar-refractivity contribution < 1.29 is 36.3 Å². The molecule has 1 atom stereocenters. The summed E-state index contributed by atoms with van der Waals surface area (Å²) in [7, 11) is 2.01. The summed E-state index contributed by atoms with van der Waals surface area (Å²) in [5, 5.41) is 0. The average molecular weight is 418 g/mol. The summed E-state index contributed by atoms with van der Waals surface area (Å²) in [5.41, 5.74) is -3.45. The van der Waals surface area contributed by atoms with E-state index in [9.17, 15) is 36.3 Å². The van der Waals surface area contributed by atoms with Gasteiger partial charge in [-0.25, -0.2) is 13.6 Å². The average Bonchev–Trinajstić information content (AvgIpc) is 2.65. The van der Waals surface area contributed by atoms with E-state index in [0.29, 0.717) is 21.6 Å². The Labute approximate surface area is 161 Å². The predicted molar refractivity (Wildman–Crippen MR) is 89.6 cm³/mol. The molecule has 1 aromatic heterocycles. The quantitative estimate of drug-likeness (QED) is 0.553. The molecule has 0 aliphatic carbocycles. The van der Waals surface area contributed by atoms with Crippen LogP contribution in [0.25, 0.3) is 0 Å². The number of carbonyl (C=O) groups is 2. The van der Waals surface area contributed by atoms with Gasteiger partial charge in [0.15, 0.2) is 6.04 Å². The van der Waals surface area contributed by atoms with Gasteiger partial charge in [0.2, 0.25) is 5.91 Å². The molecule has 0 radical (unpaired) electrons. The van der Waals surface area contributed by atoms with Gasteiger partial charge in [-0.3, -0.25) is 9.59 Å². The molecule has 2 aromatic rings. The molecule has 6 nitrogen and oxygen atoms in total. The lowest BCUT2D eigenvalue weighted by atomic mass is 10.0. The SMILES string of the molecule is COC(=O)[C@H](c1cc(F)ccc1F)N(C)C(=O)Cn1cccc(C(F)(F)F)c1=O. The van der Waals surface area contributed by atoms with Crippen LogP contribution in [0.4, 0.5) is 22.0 Å². The Hall–Kier alpha value is -3.24.